The molecule has 0 radical (unpaired) electrons. The maximum Gasteiger partial charge on any atom is 0.230 e. The molecule has 1 heterocycles. The van der Waals surface area contributed by atoms with E-state index in [0.29, 0.717) is 5.82 Å². The Morgan fingerprint density at radius 3 is 2.59 bits per heavy atom. The minimum absolute atomic E-state index is 0.0226. The molecule has 0 aliphatic rings. The number of anilines is 1. The van der Waals surface area contributed by atoms with Crippen LogP contribution in [-0.2, 0) is 11.2 Å². The molecular weight excluding hydrogens is 348 g/mol. The van der Waals surface area contributed by atoms with Crippen LogP contribution < -0.4 is 4.90 Å². The lowest BCUT2D eigenvalue weighted by Crippen LogP contribution is -2.31. The van der Waals surface area contributed by atoms with Crippen LogP contribution in [0.4, 0.5) is 5.82 Å². The Morgan fingerprint density at radius 1 is 1.41 bits per heavy atom. The van der Waals surface area contributed by atoms with Gasteiger partial charge in [0.2, 0.25) is 5.91 Å². The maximum absolute atomic E-state index is 11.8. The summed E-state index contributed by atoms with van der Waals surface area (Å²) >= 11 is 6.84. The summed E-state index contributed by atoms with van der Waals surface area (Å²) in [6.07, 6.45) is 0.775. The van der Waals surface area contributed by atoms with Crippen LogP contribution in [-0.4, -0.2) is 21.7 Å². The van der Waals surface area contributed by atoms with Crippen molar-refractivity contribution in [2.75, 3.05) is 11.9 Å². The number of amides is 1. The highest BCUT2D eigenvalue weighted by molar-refractivity contribution is 9.24. The van der Waals surface area contributed by atoms with E-state index < -0.39 is 0 Å². The molecule has 0 aliphatic carbocycles. The zero-order chi connectivity index (χ0) is 13.0. The quantitative estimate of drug-likeness (QED) is 0.768. The second-order valence-electron chi connectivity index (χ2n) is 4.13. The lowest BCUT2D eigenvalue weighted by Gasteiger charge is -2.19. The molecule has 5 heteroatoms. The molecule has 0 atom stereocenters. The van der Waals surface area contributed by atoms with Gasteiger partial charge in [-0.3, -0.25) is 9.69 Å². The predicted molar refractivity (Wildman–Crippen MR) is 77.8 cm³/mol. The van der Waals surface area contributed by atoms with Crippen molar-refractivity contribution in [1.82, 2.24) is 4.98 Å². The van der Waals surface area contributed by atoms with Gasteiger partial charge in [0.25, 0.3) is 0 Å². The van der Waals surface area contributed by atoms with Crippen LogP contribution in [0, 0.1) is 5.92 Å². The zero-order valence-electron chi connectivity index (χ0n) is 10.2. The molecule has 0 aromatic carbocycles. The second kappa shape index (κ2) is 6.50. The number of aromatic nitrogens is 1. The third-order valence-electron chi connectivity index (χ3n) is 2.32. The number of pyridine rings is 1. The molecule has 1 amide bonds. The van der Waals surface area contributed by atoms with Crippen LogP contribution in [0.15, 0.2) is 18.2 Å². The monoisotopic (exact) mass is 362 g/mol. The minimum Gasteiger partial charge on any atom is -0.300 e. The first-order valence-corrected chi connectivity index (χ1v) is 7.26. The fraction of sp³-hybridized carbons (Fsp3) is 0.500. The Kier molecular flexibility index (Phi) is 5.59. The topological polar surface area (TPSA) is 33.2 Å². The first-order chi connectivity index (χ1) is 7.91. The van der Waals surface area contributed by atoms with Gasteiger partial charge in [-0.25, -0.2) is 4.98 Å². The highest BCUT2D eigenvalue weighted by Crippen LogP contribution is 2.17. The maximum atomic E-state index is 11.8. The van der Waals surface area contributed by atoms with E-state index in [1.807, 2.05) is 32.0 Å². The van der Waals surface area contributed by atoms with Gasteiger partial charge in [0.15, 0.2) is 0 Å². The molecule has 1 aromatic rings. The van der Waals surface area contributed by atoms with Crippen molar-refractivity contribution in [3.8, 4) is 0 Å². The normalized spacial score (nSPS) is 11.0. The Hall–Kier alpha value is -0.420. The van der Waals surface area contributed by atoms with Crippen LogP contribution in [0.2, 0.25) is 0 Å². The van der Waals surface area contributed by atoms with Gasteiger partial charge in [0.05, 0.1) is 3.74 Å². The number of hydrogen-bond donors (Lipinski definition) is 0. The first-order valence-electron chi connectivity index (χ1n) is 5.43. The summed E-state index contributed by atoms with van der Waals surface area (Å²) in [4.78, 5) is 17.9. The predicted octanol–water partition coefficient (Wildman–Crippen LogP) is 3.36. The largest absolute Gasteiger partial charge is 0.300 e. The fourth-order valence-electron chi connectivity index (χ4n) is 1.43. The molecule has 0 saturated heterocycles. The molecule has 0 bridgehead atoms. The SMILES string of the molecule is CC(C)C(=O)N(C)c1cccc(CC(Br)Br)n1. The van der Waals surface area contributed by atoms with Gasteiger partial charge < -0.3 is 0 Å². The van der Waals surface area contributed by atoms with Crippen molar-refractivity contribution in [3.63, 3.8) is 0 Å². The highest BCUT2D eigenvalue weighted by Gasteiger charge is 2.16. The van der Waals surface area contributed by atoms with Crippen molar-refractivity contribution in [1.29, 1.82) is 0 Å². The molecule has 1 aromatic heterocycles. The molecule has 0 saturated carbocycles. The van der Waals surface area contributed by atoms with Crippen molar-refractivity contribution in [3.05, 3.63) is 23.9 Å². The molecule has 0 spiro atoms. The van der Waals surface area contributed by atoms with Gasteiger partial charge in [0, 0.05) is 25.1 Å². The number of carbonyl (C=O) groups is 1. The molecule has 1 rings (SSSR count). The number of hydrogen-bond acceptors (Lipinski definition) is 2. The van der Waals surface area contributed by atoms with Crippen molar-refractivity contribution in [2.24, 2.45) is 5.92 Å². The Morgan fingerprint density at radius 2 is 2.06 bits per heavy atom. The number of halogens is 2. The molecule has 0 unspecified atom stereocenters. The van der Waals surface area contributed by atoms with Gasteiger partial charge in [-0.2, -0.15) is 0 Å². The second-order valence-corrected chi connectivity index (χ2v) is 7.57. The number of carbonyl (C=O) groups excluding carboxylic acids is 1. The molecule has 3 nitrogen and oxygen atoms in total. The van der Waals surface area contributed by atoms with E-state index >= 15 is 0 Å². The summed E-state index contributed by atoms with van der Waals surface area (Å²) in [6, 6.07) is 5.72. The van der Waals surface area contributed by atoms with Gasteiger partial charge in [-0.15, -0.1) is 0 Å². The average molecular weight is 364 g/mol. The molecule has 94 valence electrons. The van der Waals surface area contributed by atoms with E-state index in [2.05, 4.69) is 36.8 Å². The average Bonchev–Trinajstić information content (AvgIpc) is 2.26. The molecule has 0 aliphatic heterocycles. The summed E-state index contributed by atoms with van der Waals surface area (Å²) < 4.78 is 0.198. The zero-order valence-corrected chi connectivity index (χ0v) is 13.3. The van der Waals surface area contributed by atoms with E-state index in [1.165, 1.54) is 0 Å². The van der Waals surface area contributed by atoms with E-state index in [0.717, 1.165) is 12.1 Å². The minimum atomic E-state index is -0.0226. The Balaban J connectivity index is 2.87. The number of rotatable bonds is 4. The number of alkyl halides is 2. The summed E-state index contributed by atoms with van der Waals surface area (Å²) in [5.41, 5.74) is 0.949. The molecule has 17 heavy (non-hydrogen) atoms. The molecular formula is C12H16Br2N2O. The lowest BCUT2D eigenvalue weighted by atomic mass is 10.2. The smallest absolute Gasteiger partial charge is 0.230 e. The Bertz CT molecular complexity index is 394. The van der Waals surface area contributed by atoms with Gasteiger partial charge in [-0.1, -0.05) is 51.8 Å². The summed E-state index contributed by atoms with van der Waals surface area (Å²) in [5.74, 6) is 0.747. The van der Waals surface area contributed by atoms with E-state index in [9.17, 15) is 4.79 Å². The third-order valence-corrected chi connectivity index (χ3v) is 2.97. The summed E-state index contributed by atoms with van der Waals surface area (Å²) in [6.45, 7) is 3.77. The van der Waals surface area contributed by atoms with Gasteiger partial charge in [-0.05, 0) is 12.1 Å². The standard InChI is InChI=1S/C12H16Br2N2O/c1-8(2)12(17)16(3)11-6-4-5-9(15-11)7-10(13)14/h4-6,8,10H,7H2,1-3H3. The summed E-state index contributed by atoms with van der Waals surface area (Å²) in [7, 11) is 1.76. The van der Waals surface area contributed by atoms with Crippen molar-refractivity contribution in [2.45, 2.75) is 24.0 Å². The lowest BCUT2D eigenvalue weighted by molar-refractivity contribution is -0.121. The highest BCUT2D eigenvalue weighted by atomic mass is 79.9. The van der Waals surface area contributed by atoms with E-state index in [1.54, 1.807) is 11.9 Å². The first kappa shape index (κ1) is 14.6. The van der Waals surface area contributed by atoms with Gasteiger partial charge in [0.1, 0.15) is 5.82 Å². The molecule has 0 fully saturated rings. The van der Waals surface area contributed by atoms with Crippen LogP contribution in [0.25, 0.3) is 0 Å². The third kappa shape index (κ3) is 4.39. The van der Waals surface area contributed by atoms with Crippen LogP contribution in [0.5, 0.6) is 0 Å². The van der Waals surface area contributed by atoms with E-state index in [-0.39, 0.29) is 15.6 Å². The van der Waals surface area contributed by atoms with Crippen molar-refractivity contribution >= 4 is 43.6 Å². The van der Waals surface area contributed by atoms with Crippen LogP contribution >= 0.6 is 31.9 Å². The fourth-order valence-corrected chi connectivity index (χ4v) is 2.09. The van der Waals surface area contributed by atoms with Crippen LogP contribution in [0.1, 0.15) is 19.5 Å². The van der Waals surface area contributed by atoms with Crippen molar-refractivity contribution < 1.29 is 4.79 Å². The molecule has 0 N–H and O–H groups in total. The summed E-state index contributed by atoms with van der Waals surface area (Å²) in [5, 5.41) is 0. The van der Waals surface area contributed by atoms with Gasteiger partial charge >= 0.3 is 0 Å². The van der Waals surface area contributed by atoms with Crippen LogP contribution in [0.3, 0.4) is 0 Å². The van der Waals surface area contributed by atoms with E-state index in [4.69, 9.17) is 0 Å². The number of nitrogens with zero attached hydrogens (tertiary/aromatic N) is 2. The Labute approximate surface area is 119 Å².